The predicted octanol–water partition coefficient (Wildman–Crippen LogP) is 0.986. The summed E-state index contributed by atoms with van der Waals surface area (Å²) in [6.45, 7) is 5.73. The van der Waals surface area contributed by atoms with Crippen LogP contribution in [-0.4, -0.2) is 40.2 Å². The summed E-state index contributed by atoms with van der Waals surface area (Å²) < 4.78 is 0. The minimum atomic E-state index is -0.703. The molecule has 15 heavy (non-hydrogen) atoms. The molecule has 0 bridgehead atoms. The van der Waals surface area contributed by atoms with Gasteiger partial charge in [-0.1, -0.05) is 13.3 Å². The molecule has 0 atom stereocenters. The Labute approximate surface area is 89.0 Å². The van der Waals surface area contributed by atoms with Gasteiger partial charge in [0.25, 0.3) is 0 Å². The molecule has 5 nitrogen and oxygen atoms in total. The van der Waals surface area contributed by atoms with Crippen molar-refractivity contribution in [1.29, 1.82) is 0 Å². The Morgan fingerprint density at radius 1 is 1.13 bits per heavy atom. The zero-order chi connectivity index (χ0) is 11.6. The van der Waals surface area contributed by atoms with E-state index in [4.69, 9.17) is 0 Å². The van der Waals surface area contributed by atoms with Crippen LogP contribution >= 0.6 is 0 Å². The van der Waals surface area contributed by atoms with Gasteiger partial charge in [0, 0.05) is 12.6 Å². The fourth-order valence-corrected chi connectivity index (χ4v) is 1.49. The highest BCUT2D eigenvalue weighted by atomic mass is 16.2. The Hall–Kier alpha value is -1.39. The zero-order valence-corrected chi connectivity index (χ0v) is 9.32. The molecule has 1 aliphatic heterocycles. The number of unbranched alkanes of at least 4 members (excludes halogenated alkanes) is 1. The van der Waals surface area contributed by atoms with Gasteiger partial charge >= 0.3 is 17.8 Å². The summed E-state index contributed by atoms with van der Waals surface area (Å²) >= 11 is 0. The summed E-state index contributed by atoms with van der Waals surface area (Å²) in [5.74, 6) is -1.40. The lowest BCUT2D eigenvalue weighted by Crippen LogP contribution is -2.38. The fraction of sp³-hybridized carbons (Fsp3) is 0.700. The van der Waals surface area contributed by atoms with Crippen molar-refractivity contribution >= 4 is 17.8 Å². The molecule has 0 unspecified atom stereocenters. The number of hydrogen-bond acceptors (Lipinski definition) is 3. The predicted molar refractivity (Wildman–Crippen MR) is 54.0 cm³/mol. The molecule has 1 rings (SSSR count). The van der Waals surface area contributed by atoms with Gasteiger partial charge in [-0.15, -0.1) is 0 Å². The summed E-state index contributed by atoms with van der Waals surface area (Å²) in [7, 11) is 0. The van der Waals surface area contributed by atoms with Crippen LogP contribution in [0.15, 0.2) is 0 Å². The monoisotopic (exact) mass is 212 g/mol. The van der Waals surface area contributed by atoms with E-state index in [9.17, 15) is 14.4 Å². The number of amides is 4. The Morgan fingerprint density at radius 3 is 2.13 bits per heavy atom. The van der Waals surface area contributed by atoms with Crippen LogP contribution in [0.1, 0.15) is 33.6 Å². The van der Waals surface area contributed by atoms with E-state index < -0.39 is 17.8 Å². The van der Waals surface area contributed by atoms with Crippen LogP contribution in [0.25, 0.3) is 0 Å². The second kappa shape index (κ2) is 4.42. The molecule has 0 N–H and O–H groups in total. The lowest BCUT2D eigenvalue weighted by atomic mass is 10.3. The zero-order valence-electron chi connectivity index (χ0n) is 9.32. The molecular weight excluding hydrogens is 196 g/mol. The number of urea groups is 1. The summed E-state index contributed by atoms with van der Waals surface area (Å²) in [6.07, 6.45) is 1.61. The molecule has 0 spiro atoms. The third-order valence-corrected chi connectivity index (χ3v) is 2.34. The van der Waals surface area contributed by atoms with Gasteiger partial charge in [0.15, 0.2) is 0 Å². The van der Waals surface area contributed by atoms with E-state index in [-0.39, 0.29) is 6.04 Å². The average molecular weight is 212 g/mol. The van der Waals surface area contributed by atoms with E-state index in [1.54, 1.807) is 13.8 Å². The van der Waals surface area contributed by atoms with Crippen molar-refractivity contribution < 1.29 is 14.4 Å². The lowest BCUT2D eigenvalue weighted by Gasteiger charge is -2.18. The Bertz CT molecular complexity index is 299. The van der Waals surface area contributed by atoms with Gasteiger partial charge in [-0.2, -0.15) is 0 Å². The normalized spacial score (nSPS) is 17.2. The average Bonchev–Trinajstić information content (AvgIpc) is 2.37. The molecule has 0 aliphatic carbocycles. The molecular formula is C10H16N2O3. The first kappa shape index (κ1) is 11.7. The van der Waals surface area contributed by atoms with E-state index >= 15 is 0 Å². The Balaban J connectivity index is 2.81. The van der Waals surface area contributed by atoms with Crippen molar-refractivity contribution in [3.63, 3.8) is 0 Å². The van der Waals surface area contributed by atoms with Crippen LogP contribution in [0, 0.1) is 0 Å². The first-order valence-electron chi connectivity index (χ1n) is 5.19. The molecule has 0 radical (unpaired) electrons. The summed E-state index contributed by atoms with van der Waals surface area (Å²) in [4.78, 5) is 36.6. The van der Waals surface area contributed by atoms with Gasteiger partial charge in [-0.25, -0.2) is 4.79 Å². The van der Waals surface area contributed by atoms with Gasteiger partial charge in [0.2, 0.25) is 0 Å². The second-order valence-corrected chi connectivity index (χ2v) is 3.86. The number of nitrogens with zero attached hydrogens (tertiary/aromatic N) is 2. The van der Waals surface area contributed by atoms with Crippen molar-refractivity contribution in [2.24, 2.45) is 0 Å². The molecule has 4 amide bonds. The number of imide groups is 2. The first-order valence-corrected chi connectivity index (χ1v) is 5.19. The van der Waals surface area contributed by atoms with Crippen LogP contribution in [0.4, 0.5) is 4.79 Å². The minimum Gasteiger partial charge on any atom is -0.263 e. The van der Waals surface area contributed by atoms with Crippen LogP contribution in [0.2, 0.25) is 0 Å². The summed E-state index contributed by atoms with van der Waals surface area (Å²) in [5.41, 5.74) is 0. The van der Waals surface area contributed by atoms with Crippen molar-refractivity contribution in [3.8, 4) is 0 Å². The second-order valence-electron chi connectivity index (χ2n) is 3.86. The van der Waals surface area contributed by atoms with E-state index in [1.165, 1.54) is 0 Å². The Kier molecular flexibility index (Phi) is 3.44. The third-order valence-electron chi connectivity index (χ3n) is 2.34. The van der Waals surface area contributed by atoms with Gasteiger partial charge in [-0.05, 0) is 20.3 Å². The largest absolute Gasteiger partial charge is 0.334 e. The topological polar surface area (TPSA) is 57.7 Å². The highest BCUT2D eigenvalue weighted by Gasteiger charge is 2.44. The van der Waals surface area contributed by atoms with Crippen LogP contribution in [0.3, 0.4) is 0 Å². The quantitative estimate of drug-likeness (QED) is 0.515. The molecule has 0 aromatic rings. The van der Waals surface area contributed by atoms with Crippen molar-refractivity contribution in [2.75, 3.05) is 6.54 Å². The highest BCUT2D eigenvalue weighted by Crippen LogP contribution is 2.15. The highest BCUT2D eigenvalue weighted by molar-refractivity contribution is 6.44. The molecule has 5 heteroatoms. The van der Waals surface area contributed by atoms with Gasteiger partial charge in [0.05, 0.1) is 0 Å². The molecule has 84 valence electrons. The van der Waals surface area contributed by atoms with E-state index in [0.29, 0.717) is 6.54 Å². The Morgan fingerprint density at radius 2 is 1.73 bits per heavy atom. The SMILES string of the molecule is CCCCN1C(=O)C(=O)N(C(C)C)C1=O. The lowest BCUT2D eigenvalue weighted by molar-refractivity contribution is -0.143. The molecule has 0 saturated carbocycles. The maximum atomic E-state index is 11.7. The number of rotatable bonds is 4. The van der Waals surface area contributed by atoms with E-state index in [0.717, 1.165) is 22.6 Å². The summed E-state index contributed by atoms with van der Waals surface area (Å²) in [5, 5.41) is 0. The van der Waals surface area contributed by atoms with Crippen molar-refractivity contribution in [2.45, 2.75) is 39.7 Å². The molecule has 0 aromatic carbocycles. The van der Waals surface area contributed by atoms with Gasteiger partial charge in [-0.3, -0.25) is 19.4 Å². The van der Waals surface area contributed by atoms with Crippen molar-refractivity contribution in [3.05, 3.63) is 0 Å². The van der Waals surface area contributed by atoms with Crippen molar-refractivity contribution in [1.82, 2.24) is 9.80 Å². The fourth-order valence-electron chi connectivity index (χ4n) is 1.49. The standard InChI is InChI=1S/C10H16N2O3/c1-4-5-6-11-8(13)9(14)12(7(2)3)10(11)15/h7H,4-6H2,1-3H3. The number of carbonyl (C=O) groups excluding carboxylic acids is 3. The minimum absolute atomic E-state index is 0.263. The molecule has 1 saturated heterocycles. The molecule has 1 fully saturated rings. The summed E-state index contributed by atoms with van der Waals surface area (Å²) in [6, 6.07) is -0.742. The molecule has 0 aromatic heterocycles. The third kappa shape index (κ3) is 2.00. The smallest absolute Gasteiger partial charge is 0.263 e. The number of carbonyl (C=O) groups is 3. The maximum absolute atomic E-state index is 11.7. The maximum Gasteiger partial charge on any atom is 0.334 e. The van der Waals surface area contributed by atoms with Gasteiger partial charge < -0.3 is 0 Å². The molecule has 1 aliphatic rings. The van der Waals surface area contributed by atoms with Crippen LogP contribution in [0.5, 0.6) is 0 Å². The van der Waals surface area contributed by atoms with E-state index in [2.05, 4.69) is 0 Å². The van der Waals surface area contributed by atoms with Gasteiger partial charge in [0.1, 0.15) is 0 Å². The molecule has 1 heterocycles. The van der Waals surface area contributed by atoms with Crippen LogP contribution < -0.4 is 0 Å². The van der Waals surface area contributed by atoms with E-state index in [1.807, 2.05) is 6.92 Å². The first-order chi connectivity index (χ1) is 7.00. The van der Waals surface area contributed by atoms with Crippen LogP contribution in [-0.2, 0) is 9.59 Å². The number of hydrogen-bond donors (Lipinski definition) is 0.